The molecule has 2 rings (SSSR count). The van der Waals surface area contributed by atoms with E-state index in [-0.39, 0.29) is 0 Å². The number of nitrogens with zero attached hydrogens (tertiary/aromatic N) is 3. The number of fused-ring (bicyclic) bond motifs is 1. The zero-order valence-corrected chi connectivity index (χ0v) is 5.23. The van der Waals surface area contributed by atoms with Crippen molar-refractivity contribution >= 4 is 19.1 Å². The number of imidazole rings is 1. The summed E-state index contributed by atoms with van der Waals surface area (Å²) in [5.41, 5.74) is 1.38. The van der Waals surface area contributed by atoms with Gasteiger partial charge in [0, 0.05) is 18.6 Å². The van der Waals surface area contributed by atoms with Crippen LogP contribution in [0.25, 0.3) is 5.65 Å². The molecule has 2 radical (unpaired) electrons. The molecule has 0 spiro atoms. The molecule has 46 valence electrons. The Morgan fingerprint density at radius 2 is 2.30 bits per heavy atom. The summed E-state index contributed by atoms with van der Waals surface area (Å²) in [6.07, 6.45) is 6.74. The predicted molar refractivity (Wildman–Crippen MR) is 38.4 cm³/mol. The molecule has 2 heterocycles. The summed E-state index contributed by atoms with van der Waals surface area (Å²) in [6.45, 7) is 0. The lowest BCUT2D eigenvalue weighted by molar-refractivity contribution is 1.17. The Bertz CT molecular complexity index is 355. The summed E-state index contributed by atoms with van der Waals surface area (Å²) in [5.74, 6) is 0. The molecule has 0 aliphatic carbocycles. The van der Waals surface area contributed by atoms with E-state index in [2.05, 4.69) is 9.97 Å². The zero-order chi connectivity index (χ0) is 6.97. The highest BCUT2D eigenvalue weighted by atomic mass is 15.0. The maximum atomic E-state index is 5.56. The van der Waals surface area contributed by atoms with Crippen LogP contribution in [0.1, 0.15) is 0 Å². The van der Waals surface area contributed by atoms with Crippen molar-refractivity contribution in [1.82, 2.24) is 14.4 Å². The van der Waals surface area contributed by atoms with Gasteiger partial charge in [0.15, 0.2) is 5.65 Å². The van der Waals surface area contributed by atoms with Crippen LogP contribution in [0.15, 0.2) is 24.8 Å². The first kappa shape index (κ1) is 5.47. The Morgan fingerprint density at radius 1 is 1.40 bits per heavy atom. The van der Waals surface area contributed by atoms with Crippen molar-refractivity contribution in [3.63, 3.8) is 0 Å². The van der Waals surface area contributed by atoms with Gasteiger partial charge in [-0.2, -0.15) is 0 Å². The predicted octanol–water partition coefficient (Wildman–Crippen LogP) is -0.477. The van der Waals surface area contributed by atoms with E-state index < -0.39 is 0 Å². The minimum Gasteiger partial charge on any atom is -0.312 e. The summed E-state index contributed by atoms with van der Waals surface area (Å²) in [7, 11) is 5.56. The monoisotopic (exact) mass is 129 g/mol. The van der Waals surface area contributed by atoms with Crippen LogP contribution < -0.4 is 5.59 Å². The Kier molecular flexibility index (Phi) is 1.00. The van der Waals surface area contributed by atoms with Crippen LogP contribution in [0, 0.1) is 0 Å². The van der Waals surface area contributed by atoms with E-state index in [9.17, 15) is 0 Å². The second kappa shape index (κ2) is 1.83. The fourth-order valence-electron chi connectivity index (χ4n) is 0.871. The third-order valence-corrected chi connectivity index (χ3v) is 1.34. The molecular formula is C6H4BN3. The molecule has 0 N–H and O–H groups in total. The molecule has 2 aromatic rings. The van der Waals surface area contributed by atoms with Crippen LogP contribution >= 0.6 is 0 Å². The Morgan fingerprint density at radius 3 is 3.10 bits per heavy atom. The zero-order valence-electron chi connectivity index (χ0n) is 5.23. The van der Waals surface area contributed by atoms with Gasteiger partial charge in [0.25, 0.3) is 0 Å². The number of aromatic nitrogens is 3. The molecule has 0 aromatic carbocycles. The normalized spacial score (nSPS) is 10.4. The first-order valence-electron chi connectivity index (χ1n) is 2.90. The van der Waals surface area contributed by atoms with Gasteiger partial charge in [0.1, 0.15) is 7.85 Å². The molecule has 10 heavy (non-hydrogen) atoms. The molecule has 0 aliphatic rings. The molecule has 0 bridgehead atoms. The van der Waals surface area contributed by atoms with Crippen LogP contribution in [0.5, 0.6) is 0 Å². The standard InChI is InChI=1S/C6H4BN3/c7-5-3-8-4-6-9-1-2-10(5)6/h1-4H. The first-order valence-corrected chi connectivity index (χ1v) is 2.90. The summed E-state index contributed by atoms with van der Waals surface area (Å²) < 4.78 is 1.77. The maximum Gasteiger partial charge on any atom is 0.154 e. The van der Waals surface area contributed by atoms with Gasteiger partial charge in [-0.05, 0) is 5.59 Å². The molecule has 4 heteroatoms. The highest BCUT2D eigenvalue weighted by Gasteiger charge is 1.92. The summed E-state index contributed by atoms with van der Waals surface area (Å²) in [5, 5.41) is 0. The molecule has 2 aromatic heterocycles. The van der Waals surface area contributed by atoms with Gasteiger partial charge in [0.05, 0.1) is 6.20 Å². The Hall–Kier alpha value is -1.32. The van der Waals surface area contributed by atoms with Crippen LogP contribution in [0.2, 0.25) is 0 Å². The topological polar surface area (TPSA) is 30.2 Å². The fourth-order valence-corrected chi connectivity index (χ4v) is 0.871. The Labute approximate surface area is 59.1 Å². The molecular weight excluding hydrogens is 125 g/mol. The van der Waals surface area contributed by atoms with Crippen molar-refractivity contribution in [3.8, 4) is 0 Å². The summed E-state index contributed by atoms with van der Waals surface area (Å²) >= 11 is 0. The van der Waals surface area contributed by atoms with Crippen LogP contribution in [0.4, 0.5) is 0 Å². The van der Waals surface area contributed by atoms with Crippen molar-refractivity contribution in [2.24, 2.45) is 0 Å². The van der Waals surface area contributed by atoms with E-state index in [0.717, 1.165) is 5.65 Å². The highest BCUT2D eigenvalue weighted by molar-refractivity contribution is 6.30. The second-order valence-corrected chi connectivity index (χ2v) is 1.99. The van der Waals surface area contributed by atoms with Crippen LogP contribution in [-0.2, 0) is 0 Å². The lowest BCUT2D eigenvalue weighted by Gasteiger charge is -1.95. The molecule has 0 saturated heterocycles. The molecule has 0 atom stereocenters. The van der Waals surface area contributed by atoms with E-state index in [0.29, 0.717) is 5.59 Å². The summed E-state index contributed by atoms with van der Waals surface area (Å²) in [6, 6.07) is 0. The molecule has 0 unspecified atom stereocenters. The smallest absolute Gasteiger partial charge is 0.154 e. The lowest BCUT2D eigenvalue weighted by Crippen LogP contribution is -2.13. The third-order valence-electron chi connectivity index (χ3n) is 1.34. The van der Waals surface area contributed by atoms with Gasteiger partial charge < -0.3 is 4.40 Å². The fraction of sp³-hybridized carbons (Fsp3) is 0. The Balaban J connectivity index is 2.95. The average molecular weight is 129 g/mol. The molecule has 0 fully saturated rings. The number of rotatable bonds is 0. The maximum absolute atomic E-state index is 5.56. The largest absolute Gasteiger partial charge is 0.312 e. The summed E-state index contributed by atoms with van der Waals surface area (Å²) in [4.78, 5) is 7.88. The minimum absolute atomic E-state index is 0.606. The van der Waals surface area contributed by atoms with Crippen LogP contribution in [0.3, 0.4) is 0 Å². The van der Waals surface area contributed by atoms with Gasteiger partial charge in [-0.3, -0.25) is 4.98 Å². The van der Waals surface area contributed by atoms with Crippen molar-refractivity contribution in [3.05, 3.63) is 24.8 Å². The van der Waals surface area contributed by atoms with E-state index in [4.69, 9.17) is 7.85 Å². The average Bonchev–Trinajstić information content (AvgIpc) is 2.36. The van der Waals surface area contributed by atoms with Crippen molar-refractivity contribution in [1.29, 1.82) is 0 Å². The molecule has 0 aliphatic heterocycles. The van der Waals surface area contributed by atoms with E-state index in [1.807, 2.05) is 0 Å². The quantitative estimate of drug-likeness (QED) is 0.450. The van der Waals surface area contributed by atoms with E-state index in [1.54, 1.807) is 29.2 Å². The van der Waals surface area contributed by atoms with Crippen molar-refractivity contribution in [2.45, 2.75) is 0 Å². The van der Waals surface area contributed by atoms with Gasteiger partial charge in [-0.25, -0.2) is 4.98 Å². The number of hydrogen-bond acceptors (Lipinski definition) is 2. The lowest BCUT2D eigenvalue weighted by atomic mass is 10.1. The van der Waals surface area contributed by atoms with Gasteiger partial charge in [-0.1, -0.05) is 0 Å². The second-order valence-electron chi connectivity index (χ2n) is 1.99. The number of hydrogen-bond donors (Lipinski definition) is 0. The van der Waals surface area contributed by atoms with Crippen molar-refractivity contribution in [2.75, 3.05) is 0 Å². The van der Waals surface area contributed by atoms with Gasteiger partial charge in [-0.15, -0.1) is 0 Å². The van der Waals surface area contributed by atoms with Crippen LogP contribution in [-0.4, -0.2) is 22.2 Å². The van der Waals surface area contributed by atoms with Crippen molar-refractivity contribution < 1.29 is 0 Å². The van der Waals surface area contributed by atoms with Gasteiger partial charge in [0.2, 0.25) is 0 Å². The van der Waals surface area contributed by atoms with E-state index in [1.165, 1.54) is 0 Å². The third kappa shape index (κ3) is 0.619. The first-order chi connectivity index (χ1) is 4.88. The molecule has 0 amide bonds. The molecule has 3 nitrogen and oxygen atoms in total. The SMILES string of the molecule is [B]c1cncc2nccn12. The van der Waals surface area contributed by atoms with Gasteiger partial charge >= 0.3 is 0 Å². The molecule has 0 saturated carbocycles. The highest BCUT2D eigenvalue weighted by Crippen LogP contribution is 1.91. The van der Waals surface area contributed by atoms with E-state index >= 15 is 0 Å². The minimum atomic E-state index is 0.606.